The molecule has 6 aliphatic rings. The fraction of sp³-hybridized carbons (Fsp3) is 0.585. The summed E-state index contributed by atoms with van der Waals surface area (Å²) >= 11 is 6.27. The van der Waals surface area contributed by atoms with Gasteiger partial charge in [0.15, 0.2) is 10.3 Å². The Bertz CT molecular complexity index is 2780. The third kappa shape index (κ3) is 8.84. The lowest BCUT2D eigenvalue weighted by molar-refractivity contribution is -0.118. The van der Waals surface area contributed by atoms with Gasteiger partial charge in [-0.15, -0.1) is 11.3 Å². The zero-order valence-corrected chi connectivity index (χ0v) is 44.0. The van der Waals surface area contributed by atoms with Gasteiger partial charge in [-0.1, -0.05) is 46.8 Å². The molecule has 13 unspecified atom stereocenters. The molecule has 376 valence electrons. The Morgan fingerprint density at radius 3 is 2.37 bits per heavy atom. The van der Waals surface area contributed by atoms with Crippen molar-refractivity contribution in [1.82, 2.24) is 9.97 Å². The second-order valence-corrected chi connectivity index (χ2v) is 24.7. The standard InChI is InChI=1S/C53H62BrN7O8S2/c1-26-23-55-50(70-26)57-43(64)14-7-29-21-42(52(3)18-16-32-33(46(29)52)8-6-28-20-41(68-5)37(22-38(28)32)27(2)59-66)61-69-45-24-56-51(71-45)58-44(65)15-12-35-39(25-62)49(60-67)53(4)19-17-31-30-11-13-40(63)48(54)36(30)10-9-34(31)47(35)53/h11,13,20,22-25,27,29,31-35,39,46-47,49,63H,6-10,12,14-19,21H2,1-5H3,(H,55,57,64)(H,56,58,65). The van der Waals surface area contributed by atoms with Gasteiger partial charge < -0.3 is 30.1 Å². The number of oxime groups is 1. The van der Waals surface area contributed by atoms with E-state index in [1.54, 1.807) is 32.5 Å². The molecule has 13 atom stereocenters. The van der Waals surface area contributed by atoms with Gasteiger partial charge in [-0.05, 0) is 194 Å². The van der Waals surface area contributed by atoms with Gasteiger partial charge in [0.25, 0.3) is 0 Å². The van der Waals surface area contributed by atoms with E-state index in [9.17, 15) is 29.3 Å². The number of hydrogen-bond acceptors (Lipinski definition) is 15. The summed E-state index contributed by atoms with van der Waals surface area (Å²) in [5.74, 6) is 1.35. The number of nitrogens with one attached hydrogen (secondary N) is 2. The van der Waals surface area contributed by atoms with Crippen molar-refractivity contribution in [3.63, 3.8) is 0 Å². The first-order chi connectivity index (χ1) is 34.2. The van der Waals surface area contributed by atoms with Crippen LogP contribution >= 0.6 is 38.6 Å². The van der Waals surface area contributed by atoms with Crippen molar-refractivity contribution in [2.24, 2.45) is 67.8 Å². The van der Waals surface area contributed by atoms with Crippen LogP contribution in [0.2, 0.25) is 0 Å². The van der Waals surface area contributed by atoms with Crippen LogP contribution in [0.15, 0.2) is 56.6 Å². The number of benzene rings is 2. The van der Waals surface area contributed by atoms with Crippen LogP contribution in [0.4, 0.5) is 10.3 Å². The van der Waals surface area contributed by atoms with Crippen LogP contribution in [-0.4, -0.2) is 52.0 Å². The summed E-state index contributed by atoms with van der Waals surface area (Å²) in [6.07, 6.45) is 13.5. The predicted octanol–water partition coefficient (Wildman–Crippen LogP) is 12.2. The van der Waals surface area contributed by atoms with Crippen LogP contribution in [0.1, 0.15) is 142 Å². The number of anilines is 2. The van der Waals surface area contributed by atoms with Crippen molar-refractivity contribution >= 4 is 72.7 Å². The van der Waals surface area contributed by atoms with Crippen molar-refractivity contribution in [1.29, 1.82) is 0 Å². The maximum absolute atomic E-state index is 13.7. The minimum Gasteiger partial charge on any atom is -0.507 e. The summed E-state index contributed by atoms with van der Waals surface area (Å²) in [6, 6.07) is 6.84. The SMILES string of the molecule is COc1cc2c(cc1C(C)N=O)C1CCC3(C)C(=NOc4cnc(NC(=O)CCC5C(C=O)C(N=O)C6(C)CCC7c8ccc(O)c(Br)c8CCC7C56)s4)CC(CCC(=O)Nc4ncc(C)s4)C3C1CC2. The molecule has 0 spiro atoms. The highest BCUT2D eigenvalue weighted by atomic mass is 79.9. The Balaban J connectivity index is 0.837. The number of amides is 2. The molecule has 2 aromatic carbocycles. The molecule has 0 saturated heterocycles. The zero-order chi connectivity index (χ0) is 49.9. The third-order valence-corrected chi connectivity index (χ3v) is 20.7. The Kier molecular flexibility index (Phi) is 13.9. The summed E-state index contributed by atoms with van der Waals surface area (Å²) in [4.78, 5) is 80.2. The van der Waals surface area contributed by atoms with Gasteiger partial charge in [-0.3, -0.25) is 9.59 Å². The lowest BCUT2D eigenvalue weighted by Gasteiger charge is -2.51. The molecule has 4 aromatic rings. The van der Waals surface area contributed by atoms with E-state index < -0.39 is 23.4 Å². The van der Waals surface area contributed by atoms with Gasteiger partial charge in [0.1, 0.15) is 29.9 Å². The Morgan fingerprint density at radius 2 is 1.65 bits per heavy atom. The van der Waals surface area contributed by atoms with Crippen LogP contribution < -0.4 is 20.2 Å². The van der Waals surface area contributed by atoms with Crippen molar-refractivity contribution in [3.8, 4) is 16.6 Å². The highest BCUT2D eigenvalue weighted by Crippen LogP contribution is 2.67. The number of methoxy groups -OCH3 is 1. The Labute approximate surface area is 430 Å². The number of thiazole rings is 2. The molecule has 2 heterocycles. The molecular formula is C53H62BrN7O8S2. The highest BCUT2D eigenvalue weighted by molar-refractivity contribution is 9.10. The van der Waals surface area contributed by atoms with Crippen LogP contribution in [0.25, 0.3) is 0 Å². The number of halogens is 1. The number of carbonyl (C=O) groups excluding carboxylic acids is 3. The number of aldehydes is 1. The van der Waals surface area contributed by atoms with Crippen LogP contribution in [0, 0.1) is 69.0 Å². The molecule has 0 radical (unpaired) electrons. The van der Waals surface area contributed by atoms with E-state index in [4.69, 9.17) is 14.7 Å². The van der Waals surface area contributed by atoms with Crippen molar-refractivity contribution < 1.29 is 29.1 Å². The number of hydrogen-bond donors (Lipinski definition) is 3. The third-order valence-electron chi connectivity index (χ3n) is 18.2. The molecule has 2 aromatic heterocycles. The number of fused-ring (bicyclic) bond motifs is 10. The lowest BCUT2D eigenvalue weighted by atomic mass is 9.53. The molecule has 71 heavy (non-hydrogen) atoms. The first-order valence-corrected chi connectivity index (χ1v) is 27.7. The number of aryl methyl sites for hydroxylation is 2. The number of nitrogens with zero attached hydrogens (tertiary/aromatic N) is 5. The first-order valence-electron chi connectivity index (χ1n) is 25.2. The summed E-state index contributed by atoms with van der Waals surface area (Å²) < 4.78 is 6.48. The predicted molar refractivity (Wildman–Crippen MR) is 277 cm³/mol. The Morgan fingerprint density at radius 1 is 0.944 bits per heavy atom. The summed E-state index contributed by atoms with van der Waals surface area (Å²) in [7, 11) is 1.64. The smallest absolute Gasteiger partial charge is 0.233 e. The van der Waals surface area contributed by atoms with E-state index in [-0.39, 0.29) is 70.8 Å². The molecule has 0 bridgehead atoms. The largest absolute Gasteiger partial charge is 0.507 e. The van der Waals surface area contributed by atoms with Crippen molar-refractivity contribution in [3.05, 3.63) is 83.6 Å². The molecule has 6 aliphatic carbocycles. The number of phenolic OH excluding ortho intramolecular Hbond substituents is 1. The topological polar surface area (TPSA) is 211 Å². The monoisotopic (exact) mass is 1070 g/mol. The summed E-state index contributed by atoms with van der Waals surface area (Å²) in [5.41, 5.74) is 5.91. The van der Waals surface area contributed by atoms with Crippen LogP contribution in [0.5, 0.6) is 16.6 Å². The fourth-order valence-corrected chi connectivity index (χ4v) is 17.1. The summed E-state index contributed by atoms with van der Waals surface area (Å²) in [6.45, 7) is 8.20. The molecule has 3 N–H and O–H groups in total. The van der Waals surface area contributed by atoms with E-state index in [0.29, 0.717) is 52.7 Å². The molecular weight excluding hydrogens is 1010 g/mol. The number of ether oxygens (including phenoxy) is 1. The number of nitroso groups, excluding NO2 is 2. The maximum atomic E-state index is 13.7. The second-order valence-electron chi connectivity index (χ2n) is 21.7. The highest BCUT2D eigenvalue weighted by Gasteiger charge is 2.64. The number of rotatable bonds is 15. The normalized spacial score (nSPS) is 32.2. The van der Waals surface area contributed by atoms with E-state index in [1.165, 1.54) is 39.4 Å². The molecule has 18 heteroatoms. The molecule has 15 nitrogen and oxygen atoms in total. The molecule has 0 aliphatic heterocycles. The van der Waals surface area contributed by atoms with E-state index in [2.05, 4.69) is 72.9 Å². The quantitative estimate of drug-likeness (QED) is 0.0582. The van der Waals surface area contributed by atoms with Gasteiger partial charge in [-0.25, -0.2) is 9.97 Å². The van der Waals surface area contributed by atoms with E-state index in [1.807, 2.05) is 13.0 Å². The van der Waals surface area contributed by atoms with Crippen LogP contribution in [-0.2, 0) is 27.2 Å². The maximum Gasteiger partial charge on any atom is 0.233 e. The molecule has 10 rings (SSSR count). The van der Waals surface area contributed by atoms with E-state index >= 15 is 0 Å². The lowest BCUT2D eigenvalue weighted by Crippen LogP contribution is -2.45. The van der Waals surface area contributed by atoms with Crippen molar-refractivity contribution in [2.45, 2.75) is 135 Å². The summed E-state index contributed by atoms with van der Waals surface area (Å²) in [5, 5.41) is 29.7. The van der Waals surface area contributed by atoms with Gasteiger partial charge >= 0.3 is 0 Å². The van der Waals surface area contributed by atoms with Crippen LogP contribution in [0.3, 0.4) is 0 Å². The average Bonchev–Trinajstić information content (AvgIpc) is 4.13. The average molecular weight is 1070 g/mol. The minimum atomic E-state index is -0.652. The number of carbonyl (C=O) groups is 3. The zero-order valence-electron chi connectivity index (χ0n) is 40.8. The molecule has 2 amide bonds. The number of phenols is 1. The fourth-order valence-electron chi connectivity index (χ4n) is 15.2. The van der Waals surface area contributed by atoms with Gasteiger partial charge in [0, 0.05) is 40.8 Å². The van der Waals surface area contributed by atoms with E-state index in [0.717, 1.165) is 83.8 Å². The number of aromatic nitrogens is 2. The Hall–Kier alpha value is -4.94. The van der Waals surface area contributed by atoms with Gasteiger partial charge in [0.05, 0.1) is 23.5 Å². The molecule has 4 fully saturated rings. The van der Waals surface area contributed by atoms with Gasteiger partial charge in [-0.2, -0.15) is 9.81 Å². The number of aromatic hydroxyl groups is 1. The first kappa shape index (κ1) is 49.6. The minimum absolute atomic E-state index is 0.0315. The molecule has 4 saturated carbocycles. The van der Waals surface area contributed by atoms with Gasteiger partial charge in [0.2, 0.25) is 16.9 Å². The van der Waals surface area contributed by atoms with Crippen molar-refractivity contribution in [2.75, 3.05) is 17.7 Å². The second kappa shape index (κ2) is 19.8.